The van der Waals surface area contributed by atoms with E-state index in [-0.39, 0.29) is 12.5 Å². The van der Waals surface area contributed by atoms with Gasteiger partial charge in [0.15, 0.2) is 6.61 Å². The monoisotopic (exact) mass is 608 g/mol. The topological polar surface area (TPSA) is 84.7 Å². The van der Waals surface area contributed by atoms with Crippen molar-refractivity contribution < 1.29 is 14.3 Å². The quantitative estimate of drug-likeness (QED) is 0.161. The van der Waals surface area contributed by atoms with E-state index in [9.17, 15) is 9.59 Å². The van der Waals surface area contributed by atoms with Crippen LogP contribution in [0, 0.1) is 20.8 Å². The van der Waals surface area contributed by atoms with Gasteiger partial charge in [0, 0.05) is 32.5 Å². The molecule has 2 aromatic carbocycles. The summed E-state index contributed by atoms with van der Waals surface area (Å²) in [6.07, 6.45) is 5.68. The summed E-state index contributed by atoms with van der Waals surface area (Å²) in [7, 11) is 0. The van der Waals surface area contributed by atoms with Crippen molar-refractivity contribution in [2.45, 2.75) is 46.5 Å². The first-order valence-corrected chi connectivity index (χ1v) is 14.9. The number of hydrazone groups is 1. The van der Waals surface area contributed by atoms with Crippen LogP contribution in [-0.4, -0.2) is 29.2 Å². The van der Waals surface area contributed by atoms with Gasteiger partial charge in [-0.15, -0.1) is 11.3 Å². The molecule has 0 spiro atoms. The summed E-state index contributed by atoms with van der Waals surface area (Å²) >= 11 is 13.7. The largest absolute Gasteiger partial charge is 0.482 e. The summed E-state index contributed by atoms with van der Waals surface area (Å²) in [5, 5.41) is 8.96. The first-order chi connectivity index (χ1) is 19.7. The lowest BCUT2D eigenvalue weighted by Gasteiger charge is -2.14. The second kappa shape index (κ2) is 12.5. The molecule has 2 aromatic heterocycles. The van der Waals surface area contributed by atoms with Crippen molar-refractivity contribution in [1.29, 1.82) is 0 Å². The number of nitrogens with one attached hydrogen (secondary N) is 2. The van der Waals surface area contributed by atoms with Crippen LogP contribution >= 0.6 is 34.5 Å². The van der Waals surface area contributed by atoms with E-state index in [1.807, 2.05) is 51.1 Å². The van der Waals surface area contributed by atoms with Crippen molar-refractivity contribution in [1.82, 2.24) is 9.99 Å². The second-order valence-corrected chi connectivity index (χ2v) is 12.0. The number of halogens is 2. The van der Waals surface area contributed by atoms with Gasteiger partial charge in [0.1, 0.15) is 10.8 Å². The van der Waals surface area contributed by atoms with Crippen molar-refractivity contribution in [3.05, 3.63) is 97.1 Å². The van der Waals surface area contributed by atoms with E-state index >= 15 is 0 Å². The van der Waals surface area contributed by atoms with Gasteiger partial charge in [-0.1, -0.05) is 40.9 Å². The molecule has 1 aliphatic rings. The van der Waals surface area contributed by atoms with Gasteiger partial charge in [0.05, 0.1) is 16.8 Å². The Morgan fingerprint density at radius 3 is 2.56 bits per heavy atom. The van der Waals surface area contributed by atoms with E-state index in [2.05, 4.69) is 20.4 Å². The minimum absolute atomic E-state index is 0.0981. The molecule has 212 valence electrons. The van der Waals surface area contributed by atoms with Gasteiger partial charge in [0.2, 0.25) is 0 Å². The van der Waals surface area contributed by atoms with E-state index in [1.54, 1.807) is 35.8 Å². The normalized spacial score (nSPS) is 12.8. The lowest BCUT2D eigenvalue weighted by molar-refractivity contribution is -0.123. The molecule has 0 fully saturated rings. The van der Waals surface area contributed by atoms with Crippen LogP contribution in [0.3, 0.4) is 0 Å². The third-order valence-corrected chi connectivity index (χ3v) is 8.82. The number of rotatable bonds is 8. The summed E-state index contributed by atoms with van der Waals surface area (Å²) in [6, 6.07) is 14.6. The average Bonchev–Trinajstić information content (AvgIpc) is 3.45. The number of anilines is 1. The number of hydrogen-bond acceptors (Lipinski definition) is 5. The molecular formula is C31H30Cl2N4O3S. The van der Waals surface area contributed by atoms with E-state index in [0.29, 0.717) is 15.8 Å². The number of fused-ring (bicyclic) bond motifs is 1. The maximum absolute atomic E-state index is 13.7. The third-order valence-electron chi connectivity index (χ3n) is 7.01. The Morgan fingerprint density at radius 1 is 1.05 bits per heavy atom. The van der Waals surface area contributed by atoms with Crippen LogP contribution in [-0.2, 0) is 17.6 Å². The molecule has 1 aliphatic carbocycles. The lowest BCUT2D eigenvalue weighted by atomic mass is 9.95. The Labute approximate surface area is 253 Å². The molecule has 0 atom stereocenters. The maximum Gasteiger partial charge on any atom is 0.277 e. The number of thiophene rings is 1. The average molecular weight is 610 g/mol. The first kappa shape index (κ1) is 28.9. The molecule has 0 unspecified atom stereocenters. The summed E-state index contributed by atoms with van der Waals surface area (Å²) in [4.78, 5) is 27.3. The zero-order chi connectivity index (χ0) is 29.1. The van der Waals surface area contributed by atoms with Crippen LogP contribution < -0.4 is 15.5 Å². The fourth-order valence-electron chi connectivity index (χ4n) is 4.95. The zero-order valence-electron chi connectivity index (χ0n) is 23.0. The number of ether oxygens (including phenoxy) is 1. The maximum atomic E-state index is 13.7. The molecule has 41 heavy (non-hydrogen) atoms. The smallest absolute Gasteiger partial charge is 0.277 e. The van der Waals surface area contributed by atoms with Crippen LogP contribution in [0.5, 0.6) is 5.75 Å². The standard InChI is InChI=1S/C31H30Cl2N4O3S/c1-18-8-11-23(12-9-18)35-30(39)29-24-6-4-5-7-27(24)41-31(29)37-19(2)14-21(20(37)3)16-34-36-28(38)17-40-26-13-10-22(32)15-25(26)33/h8-16H,4-7,17H2,1-3H3,(H,35,39)(H,36,38)/b34-16+. The summed E-state index contributed by atoms with van der Waals surface area (Å²) < 4.78 is 7.58. The number of carbonyl (C=O) groups excluding carboxylic acids is 2. The predicted octanol–water partition coefficient (Wildman–Crippen LogP) is 7.43. The highest BCUT2D eigenvalue weighted by Crippen LogP contribution is 2.39. The van der Waals surface area contributed by atoms with Gasteiger partial charge >= 0.3 is 0 Å². The molecule has 7 nitrogen and oxygen atoms in total. The van der Waals surface area contributed by atoms with Gasteiger partial charge in [-0.25, -0.2) is 5.43 Å². The Hall–Kier alpha value is -3.59. The minimum atomic E-state index is -0.429. The van der Waals surface area contributed by atoms with Gasteiger partial charge in [-0.2, -0.15) is 5.10 Å². The molecule has 0 bridgehead atoms. The molecule has 0 radical (unpaired) electrons. The number of benzene rings is 2. The SMILES string of the molecule is Cc1ccc(NC(=O)c2c(-n3c(C)cc(/C=N/NC(=O)COc4ccc(Cl)cc4Cl)c3C)sc3c2CCCC3)cc1. The highest BCUT2D eigenvalue weighted by molar-refractivity contribution is 7.15. The van der Waals surface area contributed by atoms with Crippen LogP contribution in [0.4, 0.5) is 5.69 Å². The van der Waals surface area contributed by atoms with Crippen LogP contribution in [0.1, 0.15) is 56.2 Å². The number of hydrogen-bond donors (Lipinski definition) is 2. The number of aromatic nitrogens is 1. The van der Waals surface area contributed by atoms with Crippen molar-refractivity contribution in [2.75, 3.05) is 11.9 Å². The number of aryl methyl sites for hydroxylation is 3. The summed E-state index contributed by atoms with van der Waals surface area (Å²) in [5.74, 6) is -0.166. The van der Waals surface area contributed by atoms with Crippen LogP contribution in [0.2, 0.25) is 10.0 Å². The molecule has 2 amide bonds. The minimum Gasteiger partial charge on any atom is -0.482 e. The molecule has 0 aliphatic heterocycles. The highest BCUT2D eigenvalue weighted by Gasteiger charge is 2.28. The van der Waals surface area contributed by atoms with Gasteiger partial charge < -0.3 is 14.6 Å². The van der Waals surface area contributed by atoms with Gasteiger partial charge in [-0.3, -0.25) is 9.59 Å². The first-order valence-electron chi connectivity index (χ1n) is 13.3. The molecule has 0 saturated carbocycles. The molecule has 2 heterocycles. The Morgan fingerprint density at radius 2 is 1.80 bits per heavy atom. The number of amides is 2. The van der Waals surface area contributed by atoms with Crippen LogP contribution in [0.15, 0.2) is 53.6 Å². The van der Waals surface area contributed by atoms with Crippen molar-refractivity contribution in [3.63, 3.8) is 0 Å². The second-order valence-electron chi connectivity index (χ2n) is 10.0. The highest BCUT2D eigenvalue weighted by atomic mass is 35.5. The molecule has 0 saturated heterocycles. The molecule has 2 N–H and O–H groups in total. The summed E-state index contributed by atoms with van der Waals surface area (Å²) in [5.41, 5.74) is 9.02. The van der Waals surface area contributed by atoms with Crippen molar-refractivity contribution >= 4 is 58.3 Å². The van der Waals surface area contributed by atoms with Crippen molar-refractivity contribution in [3.8, 4) is 10.8 Å². The fourth-order valence-corrected chi connectivity index (χ4v) is 6.91. The molecule has 5 rings (SSSR count). The third kappa shape index (κ3) is 6.50. The molecular weight excluding hydrogens is 579 g/mol. The van der Waals surface area contributed by atoms with E-state index < -0.39 is 5.91 Å². The van der Waals surface area contributed by atoms with Crippen LogP contribution in [0.25, 0.3) is 5.00 Å². The molecule has 10 heteroatoms. The van der Waals surface area contributed by atoms with Crippen molar-refractivity contribution in [2.24, 2.45) is 5.10 Å². The Bertz CT molecular complexity index is 1640. The fraction of sp³-hybridized carbons (Fsp3) is 0.258. The summed E-state index contributed by atoms with van der Waals surface area (Å²) in [6.45, 7) is 5.77. The number of carbonyl (C=O) groups is 2. The predicted molar refractivity (Wildman–Crippen MR) is 167 cm³/mol. The van der Waals surface area contributed by atoms with E-state index in [4.69, 9.17) is 27.9 Å². The van der Waals surface area contributed by atoms with Gasteiger partial charge in [0.25, 0.3) is 11.8 Å². The number of nitrogens with zero attached hydrogens (tertiary/aromatic N) is 2. The Balaban J connectivity index is 1.35. The van der Waals surface area contributed by atoms with E-state index in [1.165, 1.54) is 4.88 Å². The zero-order valence-corrected chi connectivity index (χ0v) is 25.3. The van der Waals surface area contributed by atoms with Gasteiger partial charge in [-0.05, 0) is 88.4 Å². The van der Waals surface area contributed by atoms with E-state index in [0.717, 1.165) is 70.0 Å². The molecule has 4 aromatic rings. The Kier molecular flexibility index (Phi) is 8.82. The lowest BCUT2D eigenvalue weighted by Crippen LogP contribution is -2.24.